The van der Waals surface area contributed by atoms with E-state index < -0.39 is 28.3 Å². The van der Waals surface area contributed by atoms with Crippen LogP contribution in [0, 0.1) is 5.82 Å². The molecule has 0 aliphatic heterocycles. The maximum Gasteiger partial charge on any atom is 0.264 e. The Balaban J connectivity index is 1.89. The predicted molar refractivity (Wildman–Crippen MR) is 117 cm³/mol. The van der Waals surface area contributed by atoms with Crippen LogP contribution in [0.15, 0.2) is 83.8 Å². The lowest BCUT2D eigenvalue weighted by atomic mass is 10.1. The summed E-state index contributed by atoms with van der Waals surface area (Å²) in [6, 6.07) is 19.8. The quantitative estimate of drug-likeness (QED) is 0.574. The van der Waals surface area contributed by atoms with Crippen molar-refractivity contribution in [2.45, 2.75) is 17.9 Å². The molecule has 0 aromatic heterocycles. The third-order valence-corrected chi connectivity index (χ3v) is 6.51. The number of hydrogen-bond acceptors (Lipinski definition) is 4. The van der Waals surface area contributed by atoms with Gasteiger partial charge in [-0.1, -0.05) is 30.3 Å². The molecular weight excluding hydrogens is 419 g/mol. The van der Waals surface area contributed by atoms with Gasteiger partial charge in [-0.15, -0.1) is 0 Å². The van der Waals surface area contributed by atoms with Gasteiger partial charge in [-0.2, -0.15) is 0 Å². The van der Waals surface area contributed by atoms with Crippen molar-refractivity contribution in [3.05, 3.63) is 90.2 Å². The average Bonchev–Trinajstić information content (AvgIpc) is 2.78. The van der Waals surface area contributed by atoms with E-state index in [4.69, 9.17) is 4.74 Å². The Morgan fingerprint density at radius 2 is 1.61 bits per heavy atom. The van der Waals surface area contributed by atoms with Crippen molar-refractivity contribution >= 4 is 21.6 Å². The van der Waals surface area contributed by atoms with E-state index >= 15 is 0 Å². The largest absolute Gasteiger partial charge is 0.497 e. The monoisotopic (exact) mass is 442 g/mol. The van der Waals surface area contributed by atoms with E-state index in [1.54, 1.807) is 0 Å². The van der Waals surface area contributed by atoms with Gasteiger partial charge in [-0.05, 0) is 61.0 Å². The molecule has 3 aromatic carbocycles. The van der Waals surface area contributed by atoms with E-state index in [1.807, 2.05) is 37.3 Å². The summed E-state index contributed by atoms with van der Waals surface area (Å²) in [4.78, 5) is 12.7. The first-order chi connectivity index (χ1) is 14.8. The van der Waals surface area contributed by atoms with Crippen LogP contribution >= 0.6 is 0 Å². The Morgan fingerprint density at radius 3 is 2.19 bits per heavy atom. The minimum absolute atomic E-state index is 0.0125. The van der Waals surface area contributed by atoms with Gasteiger partial charge in [-0.25, -0.2) is 12.8 Å². The topological polar surface area (TPSA) is 75.7 Å². The fourth-order valence-electron chi connectivity index (χ4n) is 3.04. The zero-order chi connectivity index (χ0) is 22.4. The molecule has 0 aliphatic carbocycles. The second-order valence-corrected chi connectivity index (χ2v) is 8.73. The number of sulfonamides is 1. The van der Waals surface area contributed by atoms with Crippen molar-refractivity contribution in [3.8, 4) is 5.75 Å². The van der Waals surface area contributed by atoms with E-state index in [1.165, 1.54) is 43.5 Å². The second kappa shape index (κ2) is 9.61. The molecule has 3 aromatic rings. The van der Waals surface area contributed by atoms with Gasteiger partial charge in [0.2, 0.25) is 5.91 Å². The van der Waals surface area contributed by atoms with Crippen LogP contribution in [0.5, 0.6) is 5.75 Å². The normalized spacial score (nSPS) is 12.1. The molecule has 1 atom stereocenters. The van der Waals surface area contributed by atoms with Crippen molar-refractivity contribution in [2.24, 2.45) is 0 Å². The molecule has 0 radical (unpaired) electrons. The van der Waals surface area contributed by atoms with Crippen LogP contribution in [0.2, 0.25) is 0 Å². The Morgan fingerprint density at radius 1 is 1.00 bits per heavy atom. The van der Waals surface area contributed by atoms with E-state index in [-0.39, 0.29) is 16.6 Å². The summed E-state index contributed by atoms with van der Waals surface area (Å²) in [5.41, 5.74) is 1.07. The standard InChI is InChI=1S/C23H23FN2O4S/c1-17(18-6-4-3-5-7-18)25-23(27)16-26(20-10-8-19(24)9-11-20)31(28,29)22-14-12-21(30-2)13-15-22/h3-15,17H,16H2,1-2H3,(H,25,27)/t17-/m0/s1. The number of methoxy groups -OCH3 is 1. The van der Waals surface area contributed by atoms with Crippen molar-refractivity contribution < 1.29 is 22.3 Å². The molecule has 0 spiro atoms. The van der Waals surface area contributed by atoms with Crippen molar-refractivity contribution in [1.29, 1.82) is 0 Å². The van der Waals surface area contributed by atoms with Gasteiger partial charge < -0.3 is 10.1 Å². The number of carbonyl (C=O) groups excluding carboxylic acids is 1. The molecule has 0 saturated carbocycles. The third kappa shape index (κ3) is 5.40. The number of nitrogens with one attached hydrogen (secondary N) is 1. The highest BCUT2D eigenvalue weighted by Crippen LogP contribution is 2.25. The Labute approximate surface area is 181 Å². The van der Waals surface area contributed by atoms with E-state index in [0.29, 0.717) is 5.75 Å². The minimum Gasteiger partial charge on any atom is -0.497 e. The summed E-state index contributed by atoms with van der Waals surface area (Å²) < 4.78 is 46.1. The zero-order valence-electron chi connectivity index (χ0n) is 17.2. The summed E-state index contributed by atoms with van der Waals surface area (Å²) in [5, 5.41) is 2.81. The van der Waals surface area contributed by atoms with E-state index in [9.17, 15) is 17.6 Å². The molecule has 8 heteroatoms. The lowest BCUT2D eigenvalue weighted by Crippen LogP contribution is -2.41. The van der Waals surface area contributed by atoms with Gasteiger partial charge in [-0.3, -0.25) is 9.10 Å². The number of carbonyl (C=O) groups is 1. The first kappa shape index (κ1) is 22.3. The molecule has 0 bridgehead atoms. The number of anilines is 1. The third-order valence-electron chi connectivity index (χ3n) is 4.73. The van der Waals surface area contributed by atoms with Gasteiger partial charge in [0.1, 0.15) is 18.1 Å². The van der Waals surface area contributed by atoms with Crippen LogP contribution < -0.4 is 14.4 Å². The first-order valence-corrected chi connectivity index (χ1v) is 11.0. The lowest BCUT2D eigenvalue weighted by Gasteiger charge is -2.25. The van der Waals surface area contributed by atoms with Crippen LogP contribution in [0.4, 0.5) is 10.1 Å². The smallest absolute Gasteiger partial charge is 0.264 e. The van der Waals surface area contributed by atoms with Crippen LogP contribution in [0.1, 0.15) is 18.5 Å². The van der Waals surface area contributed by atoms with Crippen LogP contribution in [0.25, 0.3) is 0 Å². The summed E-state index contributed by atoms with van der Waals surface area (Å²) in [5.74, 6) is -0.493. The van der Waals surface area contributed by atoms with Gasteiger partial charge >= 0.3 is 0 Å². The molecule has 0 heterocycles. The first-order valence-electron chi connectivity index (χ1n) is 9.58. The number of nitrogens with zero attached hydrogens (tertiary/aromatic N) is 1. The zero-order valence-corrected chi connectivity index (χ0v) is 18.0. The fraction of sp³-hybridized carbons (Fsp3) is 0.174. The maximum absolute atomic E-state index is 13.4. The molecule has 1 N–H and O–H groups in total. The summed E-state index contributed by atoms with van der Waals surface area (Å²) in [7, 11) is -2.61. The predicted octanol–water partition coefficient (Wildman–Crippen LogP) is 3.91. The van der Waals surface area contributed by atoms with Crippen molar-refractivity contribution in [3.63, 3.8) is 0 Å². The fourth-order valence-corrected chi connectivity index (χ4v) is 4.46. The number of amides is 1. The molecular formula is C23H23FN2O4S. The molecule has 1 amide bonds. The van der Waals surface area contributed by atoms with Crippen LogP contribution in [-0.2, 0) is 14.8 Å². The molecule has 3 rings (SSSR count). The van der Waals surface area contributed by atoms with Crippen molar-refractivity contribution in [2.75, 3.05) is 18.0 Å². The highest BCUT2D eigenvalue weighted by atomic mass is 32.2. The average molecular weight is 443 g/mol. The van der Waals surface area contributed by atoms with Crippen LogP contribution in [-0.4, -0.2) is 28.0 Å². The number of ether oxygens (including phenoxy) is 1. The Kier molecular flexibility index (Phi) is 6.91. The SMILES string of the molecule is COc1ccc(S(=O)(=O)N(CC(=O)N[C@@H](C)c2ccccc2)c2ccc(F)cc2)cc1. The Bertz CT molecular complexity index is 1120. The highest BCUT2D eigenvalue weighted by molar-refractivity contribution is 7.92. The van der Waals surface area contributed by atoms with Crippen molar-refractivity contribution in [1.82, 2.24) is 5.32 Å². The lowest BCUT2D eigenvalue weighted by molar-refractivity contribution is -0.120. The maximum atomic E-state index is 13.4. The van der Waals surface area contributed by atoms with Gasteiger partial charge in [0.15, 0.2) is 0 Å². The van der Waals surface area contributed by atoms with Gasteiger partial charge in [0.05, 0.1) is 23.7 Å². The number of rotatable bonds is 8. The number of halogens is 1. The van der Waals surface area contributed by atoms with Gasteiger partial charge in [0, 0.05) is 0 Å². The summed E-state index contributed by atoms with van der Waals surface area (Å²) in [6.45, 7) is 1.35. The highest BCUT2D eigenvalue weighted by Gasteiger charge is 2.28. The molecule has 0 aliphatic rings. The van der Waals surface area contributed by atoms with E-state index in [0.717, 1.165) is 22.0 Å². The van der Waals surface area contributed by atoms with E-state index in [2.05, 4.69) is 5.32 Å². The summed E-state index contributed by atoms with van der Waals surface area (Å²) >= 11 is 0. The number of hydrogen-bond donors (Lipinski definition) is 1. The second-order valence-electron chi connectivity index (χ2n) is 6.86. The van der Waals surface area contributed by atoms with Gasteiger partial charge in [0.25, 0.3) is 10.0 Å². The molecule has 162 valence electrons. The molecule has 31 heavy (non-hydrogen) atoms. The number of benzene rings is 3. The van der Waals surface area contributed by atoms with Crippen LogP contribution in [0.3, 0.4) is 0 Å². The summed E-state index contributed by atoms with van der Waals surface area (Å²) in [6.07, 6.45) is 0. The minimum atomic E-state index is -4.09. The molecule has 0 fully saturated rings. The Hall–Kier alpha value is -3.39. The molecule has 0 saturated heterocycles. The molecule has 0 unspecified atom stereocenters. The molecule has 6 nitrogen and oxygen atoms in total.